The van der Waals surface area contributed by atoms with E-state index in [0.29, 0.717) is 18.0 Å². The normalized spacial score (nSPS) is 11.9. The van der Waals surface area contributed by atoms with Gasteiger partial charge >= 0.3 is 0 Å². The van der Waals surface area contributed by atoms with Gasteiger partial charge in [0.05, 0.1) is 4.90 Å². The minimum atomic E-state index is -3.58. The lowest BCUT2D eigenvalue weighted by molar-refractivity contribution is 0.0949. The fraction of sp³-hybridized carbons (Fsp3) is 0.500. The molecule has 5 nitrogen and oxygen atoms in total. The van der Waals surface area contributed by atoms with Crippen LogP contribution in [0.1, 0.15) is 38.1 Å². The lowest BCUT2D eigenvalue weighted by Crippen LogP contribution is -2.31. The first-order chi connectivity index (χ1) is 9.22. The van der Waals surface area contributed by atoms with Gasteiger partial charge in [0, 0.05) is 18.2 Å². The summed E-state index contributed by atoms with van der Waals surface area (Å²) in [4.78, 5) is 12.0. The van der Waals surface area contributed by atoms with Crippen molar-refractivity contribution in [3.05, 3.63) is 29.8 Å². The van der Waals surface area contributed by atoms with Gasteiger partial charge in [-0.05, 0) is 38.0 Å². The van der Waals surface area contributed by atoms with Gasteiger partial charge in [-0.3, -0.25) is 4.79 Å². The molecule has 1 amide bonds. The zero-order valence-corrected chi connectivity index (χ0v) is 13.1. The molecule has 1 rings (SSSR count). The van der Waals surface area contributed by atoms with E-state index < -0.39 is 10.0 Å². The highest BCUT2D eigenvalue weighted by molar-refractivity contribution is 7.89. The van der Waals surface area contributed by atoms with E-state index in [1.165, 1.54) is 12.1 Å². The van der Waals surface area contributed by atoms with Crippen molar-refractivity contribution >= 4 is 15.9 Å². The molecular formula is C14H22N2O3S. The van der Waals surface area contributed by atoms with Crippen LogP contribution in [0.3, 0.4) is 0 Å². The van der Waals surface area contributed by atoms with E-state index in [-0.39, 0.29) is 16.8 Å². The molecule has 0 unspecified atom stereocenters. The van der Waals surface area contributed by atoms with Crippen LogP contribution in [-0.2, 0) is 10.0 Å². The quantitative estimate of drug-likeness (QED) is 0.840. The van der Waals surface area contributed by atoms with Crippen molar-refractivity contribution in [2.24, 2.45) is 5.92 Å². The lowest BCUT2D eigenvalue weighted by Gasteiger charge is -2.11. The number of sulfonamides is 1. The highest BCUT2D eigenvalue weighted by Gasteiger charge is 2.17. The van der Waals surface area contributed by atoms with Crippen molar-refractivity contribution < 1.29 is 13.2 Å². The van der Waals surface area contributed by atoms with Gasteiger partial charge in [-0.2, -0.15) is 0 Å². The Kier molecular flexibility index (Phi) is 5.71. The SMILES string of the molecule is CC(C)CNC(=O)c1cccc(S(=O)(=O)NC(C)C)c1. The summed E-state index contributed by atoms with van der Waals surface area (Å²) in [7, 11) is -3.58. The number of benzene rings is 1. The van der Waals surface area contributed by atoms with Gasteiger partial charge in [0.2, 0.25) is 10.0 Å². The van der Waals surface area contributed by atoms with Crippen LogP contribution in [0.4, 0.5) is 0 Å². The van der Waals surface area contributed by atoms with E-state index >= 15 is 0 Å². The van der Waals surface area contributed by atoms with Crippen LogP contribution >= 0.6 is 0 Å². The summed E-state index contributed by atoms with van der Waals surface area (Å²) in [5, 5.41) is 2.76. The number of carbonyl (C=O) groups excluding carboxylic acids is 1. The summed E-state index contributed by atoms with van der Waals surface area (Å²) in [6.07, 6.45) is 0. The minimum absolute atomic E-state index is 0.100. The number of hydrogen-bond acceptors (Lipinski definition) is 3. The van der Waals surface area contributed by atoms with Crippen molar-refractivity contribution in [3.8, 4) is 0 Å². The van der Waals surface area contributed by atoms with Crippen molar-refractivity contribution in [1.29, 1.82) is 0 Å². The fourth-order valence-corrected chi connectivity index (χ4v) is 2.88. The average molecular weight is 298 g/mol. The number of carbonyl (C=O) groups is 1. The molecule has 1 aromatic rings. The van der Waals surface area contributed by atoms with Crippen LogP contribution < -0.4 is 10.0 Å². The van der Waals surface area contributed by atoms with Gasteiger partial charge in [0.1, 0.15) is 0 Å². The Morgan fingerprint density at radius 3 is 2.40 bits per heavy atom. The second-order valence-electron chi connectivity index (χ2n) is 5.41. The van der Waals surface area contributed by atoms with Crippen LogP contribution in [0, 0.1) is 5.92 Å². The fourth-order valence-electron chi connectivity index (χ4n) is 1.58. The van der Waals surface area contributed by atoms with Crippen LogP contribution in [-0.4, -0.2) is 26.9 Å². The molecule has 20 heavy (non-hydrogen) atoms. The number of hydrogen-bond donors (Lipinski definition) is 2. The average Bonchev–Trinajstić information content (AvgIpc) is 2.34. The Morgan fingerprint density at radius 2 is 1.85 bits per heavy atom. The molecule has 0 spiro atoms. The molecular weight excluding hydrogens is 276 g/mol. The maximum Gasteiger partial charge on any atom is 0.251 e. The molecule has 0 fully saturated rings. The molecule has 0 aliphatic carbocycles. The molecule has 0 heterocycles. The first kappa shape index (κ1) is 16.7. The van der Waals surface area contributed by atoms with Crippen LogP contribution in [0.5, 0.6) is 0 Å². The first-order valence-electron chi connectivity index (χ1n) is 6.63. The standard InChI is InChI=1S/C14H22N2O3S/c1-10(2)9-15-14(17)12-6-5-7-13(8-12)20(18,19)16-11(3)4/h5-8,10-11,16H,9H2,1-4H3,(H,15,17). The molecule has 0 radical (unpaired) electrons. The van der Waals surface area contributed by atoms with Gasteiger partial charge < -0.3 is 5.32 Å². The Morgan fingerprint density at radius 1 is 1.20 bits per heavy atom. The van der Waals surface area contributed by atoms with Gasteiger partial charge in [-0.1, -0.05) is 19.9 Å². The molecule has 0 saturated carbocycles. The monoisotopic (exact) mass is 298 g/mol. The Labute approximate surface area is 120 Å². The molecule has 2 N–H and O–H groups in total. The van der Waals surface area contributed by atoms with E-state index in [1.807, 2.05) is 13.8 Å². The summed E-state index contributed by atoms with van der Waals surface area (Å²) in [5.41, 5.74) is 0.345. The Bertz CT molecular complexity index is 566. The maximum absolute atomic E-state index is 12.0. The summed E-state index contributed by atoms with van der Waals surface area (Å²) < 4.78 is 26.6. The highest BCUT2D eigenvalue weighted by atomic mass is 32.2. The van der Waals surface area contributed by atoms with Gasteiger partial charge in [-0.25, -0.2) is 13.1 Å². The van der Waals surface area contributed by atoms with Gasteiger partial charge in [-0.15, -0.1) is 0 Å². The van der Waals surface area contributed by atoms with E-state index in [9.17, 15) is 13.2 Å². The minimum Gasteiger partial charge on any atom is -0.352 e. The van der Waals surface area contributed by atoms with Crippen molar-refractivity contribution in [3.63, 3.8) is 0 Å². The second-order valence-corrected chi connectivity index (χ2v) is 7.12. The summed E-state index contributed by atoms with van der Waals surface area (Å²) in [6, 6.07) is 5.84. The van der Waals surface area contributed by atoms with Gasteiger partial charge in [0.15, 0.2) is 0 Å². The second kappa shape index (κ2) is 6.85. The predicted molar refractivity (Wildman–Crippen MR) is 79.1 cm³/mol. The molecule has 0 atom stereocenters. The molecule has 1 aromatic carbocycles. The Hall–Kier alpha value is -1.40. The van der Waals surface area contributed by atoms with Gasteiger partial charge in [0.25, 0.3) is 5.91 Å². The molecule has 0 aromatic heterocycles. The summed E-state index contributed by atoms with van der Waals surface area (Å²) in [5.74, 6) is 0.0776. The molecule has 0 bridgehead atoms. The summed E-state index contributed by atoms with van der Waals surface area (Å²) in [6.45, 7) is 8.04. The molecule has 112 valence electrons. The Balaban J connectivity index is 2.93. The van der Waals surface area contributed by atoms with E-state index in [4.69, 9.17) is 0 Å². The van der Waals surface area contributed by atoms with Crippen molar-refractivity contribution in [2.75, 3.05) is 6.54 Å². The van der Waals surface area contributed by atoms with Crippen LogP contribution in [0.2, 0.25) is 0 Å². The third-order valence-corrected chi connectivity index (χ3v) is 4.12. The van der Waals surface area contributed by atoms with E-state index in [2.05, 4.69) is 10.0 Å². The van der Waals surface area contributed by atoms with E-state index in [0.717, 1.165) is 0 Å². The smallest absolute Gasteiger partial charge is 0.251 e. The maximum atomic E-state index is 12.0. The highest BCUT2D eigenvalue weighted by Crippen LogP contribution is 2.12. The first-order valence-corrected chi connectivity index (χ1v) is 8.11. The molecule has 6 heteroatoms. The van der Waals surface area contributed by atoms with Crippen LogP contribution in [0.25, 0.3) is 0 Å². The molecule has 0 aliphatic heterocycles. The van der Waals surface area contributed by atoms with Crippen molar-refractivity contribution in [2.45, 2.75) is 38.6 Å². The zero-order valence-electron chi connectivity index (χ0n) is 12.3. The largest absolute Gasteiger partial charge is 0.352 e. The number of rotatable bonds is 6. The number of amides is 1. The third-order valence-electron chi connectivity index (χ3n) is 2.47. The topological polar surface area (TPSA) is 75.3 Å². The zero-order chi connectivity index (χ0) is 15.3. The number of nitrogens with one attached hydrogen (secondary N) is 2. The van der Waals surface area contributed by atoms with Crippen LogP contribution in [0.15, 0.2) is 29.2 Å². The molecule has 0 aliphatic rings. The summed E-state index contributed by atoms with van der Waals surface area (Å²) >= 11 is 0. The van der Waals surface area contributed by atoms with E-state index in [1.54, 1.807) is 26.0 Å². The predicted octanol–water partition coefficient (Wildman–Crippen LogP) is 1.76. The van der Waals surface area contributed by atoms with Crippen molar-refractivity contribution in [1.82, 2.24) is 10.0 Å². The lowest BCUT2D eigenvalue weighted by atomic mass is 10.2. The third kappa shape index (κ3) is 4.94. The molecule has 0 saturated heterocycles.